The maximum absolute atomic E-state index is 13.2. The van der Waals surface area contributed by atoms with Crippen LogP contribution in [0, 0.1) is 0 Å². The van der Waals surface area contributed by atoms with E-state index in [0.717, 1.165) is 38.5 Å². The zero-order valence-corrected chi connectivity index (χ0v) is 44.0. The molecule has 2 heterocycles. The van der Waals surface area contributed by atoms with Gasteiger partial charge in [0.25, 0.3) is 0 Å². The highest BCUT2D eigenvalue weighted by Crippen LogP contribution is 2.30. The minimum Gasteiger partial charge on any atom is -0.394 e. The number of unbranched alkanes of at least 4 members (excludes halogenated alkanes) is 30. The van der Waals surface area contributed by atoms with Gasteiger partial charge in [-0.05, 0) is 44.9 Å². The van der Waals surface area contributed by atoms with E-state index in [9.17, 15) is 45.6 Å². The quantitative estimate of drug-likeness (QED) is 0.0205. The third-order valence-electron chi connectivity index (χ3n) is 14.1. The second-order valence-corrected chi connectivity index (χ2v) is 20.4. The van der Waals surface area contributed by atoms with Gasteiger partial charge in [-0.15, -0.1) is 0 Å². The fourth-order valence-corrected chi connectivity index (χ4v) is 9.46. The van der Waals surface area contributed by atoms with Gasteiger partial charge >= 0.3 is 0 Å². The Hall–Kier alpha value is -1.53. The predicted octanol–water partition coefficient (Wildman–Crippen LogP) is 8.89. The first-order valence-corrected chi connectivity index (χ1v) is 28.6. The molecule has 12 unspecified atom stereocenters. The maximum Gasteiger partial charge on any atom is 0.220 e. The minimum atomic E-state index is -1.79. The molecule has 2 fully saturated rings. The number of ether oxygens (including phenoxy) is 4. The molecule has 0 aromatic heterocycles. The first-order valence-electron chi connectivity index (χ1n) is 28.6. The topological polar surface area (TPSA) is 228 Å². The van der Waals surface area contributed by atoms with E-state index in [4.69, 9.17) is 18.9 Å². The Morgan fingerprint density at radius 2 is 0.900 bits per heavy atom. The van der Waals surface area contributed by atoms with Gasteiger partial charge in [-0.3, -0.25) is 4.79 Å². The second-order valence-electron chi connectivity index (χ2n) is 20.4. The number of carbonyl (C=O) groups is 1. The van der Waals surface area contributed by atoms with Crippen molar-refractivity contribution < 1.29 is 64.6 Å². The van der Waals surface area contributed by atoms with Crippen molar-refractivity contribution >= 4 is 5.91 Å². The highest BCUT2D eigenvalue weighted by atomic mass is 16.7. The molecule has 412 valence electrons. The molecule has 2 aliphatic rings. The van der Waals surface area contributed by atoms with E-state index in [2.05, 4.69) is 31.3 Å². The number of hydrogen-bond donors (Lipinski definition) is 9. The van der Waals surface area contributed by atoms with E-state index in [1.165, 1.54) is 167 Å². The van der Waals surface area contributed by atoms with Crippen molar-refractivity contribution in [2.24, 2.45) is 0 Å². The summed E-state index contributed by atoms with van der Waals surface area (Å²) in [6.07, 6.45) is 32.1. The van der Waals surface area contributed by atoms with E-state index in [1.807, 2.05) is 6.08 Å². The van der Waals surface area contributed by atoms with Gasteiger partial charge in [-0.25, -0.2) is 0 Å². The number of amides is 1. The number of hydrogen-bond acceptors (Lipinski definition) is 13. The molecule has 14 nitrogen and oxygen atoms in total. The lowest BCUT2D eigenvalue weighted by Gasteiger charge is -2.46. The van der Waals surface area contributed by atoms with Gasteiger partial charge in [-0.1, -0.05) is 205 Å². The van der Waals surface area contributed by atoms with Gasteiger partial charge in [0, 0.05) is 6.42 Å². The van der Waals surface area contributed by atoms with Gasteiger partial charge in [0.15, 0.2) is 12.6 Å². The highest BCUT2D eigenvalue weighted by molar-refractivity contribution is 5.76. The summed E-state index contributed by atoms with van der Waals surface area (Å²) in [5, 5.41) is 87.0. The van der Waals surface area contributed by atoms with Crippen molar-refractivity contribution in [1.29, 1.82) is 0 Å². The van der Waals surface area contributed by atoms with Crippen LogP contribution in [0.2, 0.25) is 0 Å². The second kappa shape index (κ2) is 42.8. The van der Waals surface area contributed by atoms with Crippen LogP contribution in [-0.4, -0.2) is 140 Å². The summed E-state index contributed by atoms with van der Waals surface area (Å²) in [6, 6.07) is -0.913. The van der Waals surface area contributed by atoms with Crippen molar-refractivity contribution in [3.8, 4) is 0 Å². The summed E-state index contributed by atoms with van der Waals surface area (Å²) in [7, 11) is 0. The van der Waals surface area contributed by atoms with Crippen LogP contribution in [0.5, 0.6) is 0 Å². The van der Waals surface area contributed by atoms with Gasteiger partial charge < -0.3 is 65.1 Å². The Bertz CT molecular complexity index is 1270. The largest absolute Gasteiger partial charge is 0.394 e. The van der Waals surface area contributed by atoms with E-state index >= 15 is 0 Å². The Labute approximate surface area is 424 Å². The van der Waals surface area contributed by atoms with Crippen molar-refractivity contribution in [2.45, 2.75) is 306 Å². The van der Waals surface area contributed by atoms with Crippen LogP contribution in [-0.2, 0) is 23.7 Å². The first-order chi connectivity index (χ1) is 34.1. The molecule has 14 heteroatoms. The summed E-state index contributed by atoms with van der Waals surface area (Å²) < 4.78 is 22.8. The first kappa shape index (κ1) is 64.6. The predicted molar refractivity (Wildman–Crippen MR) is 277 cm³/mol. The normalized spacial score (nSPS) is 26.1. The smallest absolute Gasteiger partial charge is 0.220 e. The van der Waals surface area contributed by atoms with Crippen LogP contribution in [0.4, 0.5) is 0 Å². The Morgan fingerprint density at radius 3 is 1.36 bits per heavy atom. The number of aliphatic hydroxyl groups excluding tert-OH is 8. The molecule has 0 radical (unpaired) electrons. The molecule has 2 rings (SSSR count). The molecule has 0 aromatic rings. The van der Waals surface area contributed by atoms with E-state index in [0.29, 0.717) is 6.42 Å². The highest BCUT2D eigenvalue weighted by Gasteiger charge is 2.51. The van der Waals surface area contributed by atoms with Crippen LogP contribution in [0.25, 0.3) is 0 Å². The van der Waals surface area contributed by atoms with Crippen LogP contribution >= 0.6 is 0 Å². The molecule has 2 aliphatic heterocycles. The van der Waals surface area contributed by atoms with Crippen molar-refractivity contribution in [3.05, 3.63) is 24.3 Å². The fraction of sp³-hybridized carbons (Fsp3) is 0.911. The molecule has 0 aromatic carbocycles. The molecular formula is C56H105NO13. The number of rotatable bonds is 45. The number of nitrogens with one attached hydrogen (secondary N) is 1. The third kappa shape index (κ3) is 28.8. The lowest BCUT2D eigenvalue weighted by molar-refractivity contribution is -0.359. The average molecular weight is 1000 g/mol. The van der Waals surface area contributed by atoms with E-state index < -0.39 is 86.8 Å². The molecule has 12 atom stereocenters. The number of allylic oxidation sites excluding steroid dienone is 3. The SMILES string of the molecule is CCCCCCCC/C=C\CCCCCCCCCCCC(=O)NC(COC1OC(CO)C(OC2OC(CO)C(O)C(O)C2O)C(O)C1O)C(O)/C=C/CCCCCCCCCCCCCCCCC. The Morgan fingerprint density at radius 1 is 0.500 bits per heavy atom. The minimum absolute atomic E-state index is 0.240. The number of aliphatic hydroxyl groups is 8. The molecule has 9 N–H and O–H groups in total. The zero-order valence-electron chi connectivity index (χ0n) is 44.0. The summed E-state index contributed by atoms with van der Waals surface area (Å²) >= 11 is 0. The Kier molecular flexibility index (Phi) is 39.5. The molecule has 0 bridgehead atoms. The van der Waals surface area contributed by atoms with Crippen molar-refractivity contribution in [3.63, 3.8) is 0 Å². The van der Waals surface area contributed by atoms with Crippen LogP contribution in [0.3, 0.4) is 0 Å². The summed E-state index contributed by atoms with van der Waals surface area (Å²) in [5.74, 6) is -0.240. The van der Waals surface area contributed by atoms with Crippen LogP contribution in [0.15, 0.2) is 24.3 Å². The molecule has 1 amide bonds. The Balaban J connectivity index is 1.80. The summed E-state index contributed by atoms with van der Waals surface area (Å²) in [4.78, 5) is 13.2. The molecular weight excluding hydrogens is 895 g/mol. The zero-order chi connectivity index (χ0) is 51.0. The molecule has 0 aliphatic carbocycles. The van der Waals surface area contributed by atoms with Crippen LogP contribution < -0.4 is 5.32 Å². The van der Waals surface area contributed by atoms with Gasteiger partial charge in [0.1, 0.15) is 48.8 Å². The van der Waals surface area contributed by atoms with E-state index in [1.54, 1.807) is 6.08 Å². The molecule has 0 saturated carbocycles. The lowest BCUT2D eigenvalue weighted by Crippen LogP contribution is -2.65. The monoisotopic (exact) mass is 1000 g/mol. The van der Waals surface area contributed by atoms with Gasteiger partial charge in [0.2, 0.25) is 5.91 Å². The van der Waals surface area contributed by atoms with Gasteiger partial charge in [-0.2, -0.15) is 0 Å². The molecule has 70 heavy (non-hydrogen) atoms. The van der Waals surface area contributed by atoms with Crippen molar-refractivity contribution in [1.82, 2.24) is 5.32 Å². The third-order valence-corrected chi connectivity index (χ3v) is 14.1. The average Bonchev–Trinajstić information content (AvgIpc) is 3.36. The van der Waals surface area contributed by atoms with Gasteiger partial charge in [0.05, 0.1) is 32.0 Å². The fourth-order valence-electron chi connectivity index (χ4n) is 9.46. The van der Waals surface area contributed by atoms with Crippen LogP contribution in [0.1, 0.15) is 232 Å². The maximum atomic E-state index is 13.2. The molecule has 2 saturated heterocycles. The van der Waals surface area contributed by atoms with E-state index in [-0.39, 0.29) is 18.9 Å². The lowest BCUT2D eigenvalue weighted by atomic mass is 9.97. The summed E-state index contributed by atoms with van der Waals surface area (Å²) in [6.45, 7) is 2.80. The summed E-state index contributed by atoms with van der Waals surface area (Å²) in [5.41, 5.74) is 0. The standard InChI is InChI=1S/C56H105NO13/c1-3-5-7-9-11-13-15-17-19-21-22-24-26-28-30-32-34-36-38-40-48(61)57-44(45(60)39-37-35-33-31-29-27-25-23-20-18-16-14-12-10-8-6-4-2)43-67-55-53(66)51(64)54(47(42-59)69-55)70-56-52(65)50(63)49(62)46(41-58)68-56/h17,19,37,39,44-47,49-56,58-60,62-66H,3-16,18,20-36,38,40-43H2,1-2H3,(H,57,61)/b19-17-,39-37+. The number of carbonyl (C=O) groups excluding carboxylic acids is 1. The molecule has 0 spiro atoms. The van der Waals surface area contributed by atoms with Crippen molar-refractivity contribution in [2.75, 3.05) is 19.8 Å².